The highest BCUT2D eigenvalue weighted by atomic mass is 35.5. The van der Waals surface area contributed by atoms with E-state index in [1.807, 2.05) is 0 Å². The van der Waals surface area contributed by atoms with Gasteiger partial charge in [0, 0.05) is 22.5 Å². The van der Waals surface area contributed by atoms with Gasteiger partial charge in [0.05, 0.1) is 11.6 Å². The molecule has 0 radical (unpaired) electrons. The van der Waals surface area contributed by atoms with E-state index in [1.165, 1.54) is 18.3 Å². The van der Waals surface area contributed by atoms with Crippen molar-refractivity contribution in [2.75, 3.05) is 6.61 Å². The van der Waals surface area contributed by atoms with E-state index in [4.69, 9.17) is 33.3 Å². The minimum atomic E-state index is -1.41. The fourth-order valence-electron chi connectivity index (χ4n) is 1.97. The number of aromatic nitrogens is 1. The van der Waals surface area contributed by atoms with Crippen LogP contribution >= 0.6 is 11.6 Å². The van der Waals surface area contributed by atoms with Crippen molar-refractivity contribution < 1.29 is 19.8 Å². The number of pyridine rings is 1. The second-order valence-corrected chi connectivity index (χ2v) is 5.18. The van der Waals surface area contributed by atoms with Crippen molar-refractivity contribution in [2.24, 2.45) is 16.5 Å². The molecule has 0 saturated carbocycles. The zero-order valence-corrected chi connectivity index (χ0v) is 13.0. The molecule has 0 bridgehead atoms. The minimum Gasteiger partial charge on any atom is -0.480 e. The number of guanidine groups is 1. The van der Waals surface area contributed by atoms with Crippen molar-refractivity contribution in [2.45, 2.75) is 6.04 Å². The second kappa shape index (κ2) is 7.11. The molecule has 9 nitrogen and oxygen atoms in total. The number of aliphatic carboxylic acids is 1. The van der Waals surface area contributed by atoms with Crippen molar-refractivity contribution in [3.05, 3.63) is 35.0 Å². The number of carbonyl (C=O) groups excluding carboxylic acids is 1. The molecule has 1 aromatic heterocycles. The first kappa shape index (κ1) is 17.4. The number of hydrogen-bond acceptors (Lipinski definition) is 5. The lowest BCUT2D eigenvalue weighted by Crippen LogP contribution is -2.43. The molecule has 0 fully saturated rings. The van der Waals surface area contributed by atoms with Crippen molar-refractivity contribution in [1.29, 1.82) is 0 Å². The number of hydrogen-bond donors (Lipinski definition) is 5. The normalized spacial score (nSPS) is 11.8. The lowest BCUT2D eigenvalue weighted by atomic mass is 10.1. The highest BCUT2D eigenvalue weighted by Crippen LogP contribution is 2.30. The van der Waals surface area contributed by atoms with Gasteiger partial charge < -0.3 is 27.0 Å². The molecule has 0 aliphatic heterocycles. The summed E-state index contributed by atoms with van der Waals surface area (Å²) in [6.45, 7) is -0.735. The topological polar surface area (TPSA) is 164 Å². The van der Waals surface area contributed by atoms with Crippen molar-refractivity contribution in [1.82, 2.24) is 10.3 Å². The quantitative estimate of drug-likeness (QED) is 0.372. The number of amides is 1. The van der Waals surface area contributed by atoms with Gasteiger partial charge in [-0.3, -0.25) is 4.79 Å². The first-order valence-corrected chi connectivity index (χ1v) is 7.03. The molecule has 1 unspecified atom stereocenters. The van der Waals surface area contributed by atoms with Crippen LogP contribution in [0, 0.1) is 0 Å². The molecule has 2 aromatic rings. The van der Waals surface area contributed by atoms with Crippen LogP contribution in [0.2, 0.25) is 5.02 Å². The summed E-state index contributed by atoms with van der Waals surface area (Å²) >= 11 is 6.06. The average molecular weight is 352 g/mol. The van der Waals surface area contributed by atoms with Crippen molar-refractivity contribution in [3.8, 4) is 0 Å². The summed E-state index contributed by atoms with van der Waals surface area (Å²) in [6, 6.07) is 3.04. The van der Waals surface area contributed by atoms with Gasteiger partial charge in [-0.15, -0.1) is 0 Å². The Hall–Kier alpha value is -2.91. The van der Waals surface area contributed by atoms with E-state index in [0.29, 0.717) is 15.8 Å². The van der Waals surface area contributed by atoms with Gasteiger partial charge in [0.15, 0.2) is 17.8 Å². The number of aliphatic hydroxyl groups excluding tert-OH is 1. The standard InChI is InChI=1S/C14H14ClN5O4/c15-9-4-18-11(20-14(16)17)8-3-6(1-2-7(8)9)12(22)19-10(5-21)13(23)24/h1-4,10,21H,5H2,(H,19,22)(H,23,24)(H4,16,17,18,20). The Bertz CT molecular complexity index is 835. The number of aliphatic hydroxyl groups is 1. The molecule has 0 saturated heterocycles. The van der Waals surface area contributed by atoms with Crippen LogP contribution in [0.5, 0.6) is 0 Å². The maximum Gasteiger partial charge on any atom is 0.328 e. The van der Waals surface area contributed by atoms with Gasteiger partial charge in [-0.05, 0) is 12.1 Å². The number of aliphatic imine (C=N–C) groups is 1. The zero-order chi connectivity index (χ0) is 17.9. The maximum atomic E-state index is 12.2. The van der Waals surface area contributed by atoms with Crippen LogP contribution in [0.3, 0.4) is 0 Å². The minimum absolute atomic E-state index is 0.137. The molecule has 1 heterocycles. The summed E-state index contributed by atoms with van der Waals surface area (Å²) in [5.41, 5.74) is 10.8. The number of fused-ring (bicyclic) bond motifs is 1. The summed E-state index contributed by atoms with van der Waals surface area (Å²) in [5.74, 6) is -2.08. The Kier molecular flexibility index (Phi) is 5.17. The lowest BCUT2D eigenvalue weighted by molar-refractivity contribution is -0.140. The molecule has 1 amide bonds. The third kappa shape index (κ3) is 3.70. The monoisotopic (exact) mass is 351 g/mol. The van der Waals surface area contributed by atoms with Crippen LogP contribution in [0.1, 0.15) is 10.4 Å². The predicted molar refractivity (Wildman–Crippen MR) is 88.2 cm³/mol. The fraction of sp³-hybridized carbons (Fsp3) is 0.143. The predicted octanol–water partition coefficient (Wildman–Crippen LogP) is -0.0316. The molecule has 1 atom stereocenters. The number of nitrogens with zero attached hydrogens (tertiary/aromatic N) is 2. The second-order valence-electron chi connectivity index (χ2n) is 4.77. The fourth-order valence-corrected chi connectivity index (χ4v) is 2.19. The van der Waals surface area contributed by atoms with Crippen LogP contribution in [-0.4, -0.2) is 45.7 Å². The van der Waals surface area contributed by atoms with Crippen LogP contribution in [0.15, 0.2) is 29.4 Å². The molecule has 1 aromatic carbocycles. The van der Waals surface area contributed by atoms with E-state index in [2.05, 4.69) is 15.3 Å². The van der Waals surface area contributed by atoms with Gasteiger partial charge in [-0.2, -0.15) is 4.99 Å². The molecule has 2 rings (SSSR count). The van der Waals surface area contributed by atoms with E-state index in [1.54, 1.807) is 6.07 Å². The van der Waals surface area contributed by atoms with E-state index < -0.39 is 24.5 Å². The van der Waals surface area contributed by atoms with Crippen LogP contribution in [0.4, 0.5) is 5.82 Å². The molecule has 7 N–H and O–H groups in total. The van der Waals surface area contributed by atoms with Gasteiger partial charge in [0.25, 0.3) is 5.91 Å². The molecule has 24 heavy (non-hydrogen) atoms. The number of nitrogens with one attached hydrogen (secondary N) is 1. The van der Waals surface area contributed by atoms with Crippen molar-refractivity contribution in [3.63, 3.8) is 0 Å². The van der Waals surface area contributed by atoms with E-state index >= 15 is 0 Å². The Labute approximate surface area is 140 Å². The largest absolute Gasteiger partial charge is 0.480 e. The Morgan fingerprint density at radius 2 is 2.04 bits per heavy atom. The average Bonchev–Trinajstić information content (AvgIpc) is 2.54. The SMILES string of the molecule is NC(N)=Nc1ncc(Cl)c2ccc(C(=O)NC(CO)C(=O)O)cc12. The summed E-state index contributed by atoms with van der Waals surface area (Å²) in [4.78, 5) is 30.9. The summed E-state index contributed by atoms with van der Waals surface area (Å²) < 4.78 is 0. The van der Waals surface area contributed by atoms with Crippen LogP contribution < -0.4 is 16.8 Å². The summed E-state index contributed by atoms with van der Waals surface area (Å²) in [7, 11) is 0. The summed E-state index contributed by atoms with van der Waals surface area (Å²) in [5, 5.41) is 21.4. The summed E-state index contributed by atoms with van der Waals surface area (Å²) in [6.07, 6.45) is 1.37. The molecule has 126 valence electrons. The number of nitrogens with two attached hydrogens (primary N) is 2. The number of carbonyl (C=O) groups is 2. The van der Waals surface area contributed by atoms with Gasteiger partial charge in [0.1, 0.15) is 0 Å². The Morgan fingerprint density at radius 3 is 2.62 bits per heavy atom. The van der Waals surface area contributed by atoms with Crippen LogP contribution in [0.25, 0.3) is 10.8 Å². The number of rotatable bonds is 5. The highest BCUT2D eigenvalue weighted by Gasteiger charge is 2.20. The number of halogens is 1. The third-order valence-corrected chi connectivity index (χ3v) is 3.40. The Balaban J connectivity index is 2.48. The number of benzene rings is 1. The number of carboxylic acid groups (broad SMARTS) is 1. The zero-order valence-electron chi connectivity index (χ0n) is 12.2. The number of carboxylic acids is 1. The van der Waals surface area contributed by atoms with Gasteiger partial charge in [0.2, 0.25) is 0 Å². The smallest absolute Gasteiger partial charge is 0.328 e. The first-order chi connectivity index (χ1) is 11.3. The van der Waals surface area contributed by atoms with E-state index in [0.717, 1.165) is 0 Å². The first-order valence-electron chi connectivity index (χ1n) is 6.66. The lowest BCUT2D eigenvalue weighted by Gasteiger charge is -2.12. The Morgan fingerprint density at radius 1 is 1.33 bits per heavy atom. The maximum absolute atomic E-state index is 12.2. The third-order valence-electron chi connectivity index (χ3n) is 3.10. The van der Waals surface area contributed by atoms with E-state index in [-0.39, 0.29) is 17.3 Å². The van der Waals surface area contributed by atoms with Crippen LogP contribution in [-0.2, 0) is 4.79 Å². The molecule has 0 aliphatic rings. The molecular formula is C14H14ClN5O4. The molecule has 10 heteroatoms. The van der Waals surface area contributed by atoms with Gasteiger partial charge in [-0.1, -0.05) is 17.7 Å². The highest BCUT2D eigenvalue weighted by molar-refractivity contribution is 6.35. The van der Waals surface area contributed by atoms with Gasteiger partial charge in [-0.25, -0.2) is 9.78 Å². The van der Waals surface area contributed by atoms with E-state index in [9.17, 15) is 9.59 Å². The molecule has 0 aliphatic carbocycles. The molecular weight excluding hydrogens is 338 g/mol. The van der Waals surface area contributed by atoms with Gasteiger partial charge >= 0.3 is 5.97 Å². The molecule has 0 spiro atoms. The van der Waals surface area contributed by atoms with Crippen molar-refractivity contribution >= 4 is 46.0 Å².